The number of halogens is 3. The molecule has 0 atom stereocenters. The van der Waals surface area contributed by atoms with Crippen molar-refractivity contribution in [1.82, 2.24) is 15.1 Å². The number of benzene rings is 2. The number of alkyl halides is 3. The van der Waals surface area contributed by atoms with Crippen molar-refractivity contribution in [3.8, 4) is 11.5 Å². The van der Waals surface area contributed by atoms with Crippen LogP contribution in [0.3, 0.4) is 0 Å². The zero-order chi connectivity index (χ0) is 22.0. The molecule has 0 bridgehead atoms. The molecule has 4 rings (SSSR count). The third-order valence-electron chi connectivity index (χ3n) is 5.30. The van der Waals surface area contributed by atoms with Crippen molar-refractivity contribution in [3.05, 3.63) is 66.1 Å². The fourth-order valence-corrected chi connectivity index (χ4v) is 3.50. The summed E-state index contributed by atoms with van der Waals surface area (Å²) in [5, 5.41) is 6.52. The summed E-state index contributed by atoms with van der Waals surface area (Å²) in [4.78, 5) is 17.1. The quantitative estimate of drug-likeness (QED) is 0.585. The lowest BCUT2D eigenvalue weighted by molar-refractivity contribution is -0.157. The van der Waals surface area contributed by atoms with E-state index in [2.05, 4.69) is 22.0 Å². The molecule has 9 heteroatoms. The summed E-state index contributed by atoms with van der Waals surface area (Å²) < 4.78 is 42.7. The van der Waals surface area contributed by atoms with Crippen LogP contribution in [-0.4, -0.2) is 40.6 Å². The van der Waals surface area contributed by atoms with Gasteiger partial charge in [-0.1, -0.05) is 37.3 Å². The van der Waals surface area contributed by atoms with E-state index in [1.54, 1.807) is 29.2 Å². The Balaban J connectivity index is 1.52. The van der Waals surface area contributed by atoms with Crippen molar-refractivity contribution in [3.63, 3.8) is 0 Å². The molecule has 0 spiro atoms. The molecule has 31 heavy (non-hydrogen) atoms. The predicted octanol–water partition coefficient (Wildman–Crippen LogP) is 4.24. The lowest BCUT2D eigenvalue weighted by atomic mass is 9.97. The maximum Gasteiger partial charge on any atom is 0.470 e. The van der Waals surface area contributed by atoms with E-state index >= 15 is 0 Å². The molecule has 1 amide bonds. The molecule has 0 aliphatic carbocycles. The molecule has 1 fully saturated rings. The van der Waals surface area contributed by atoms with Crippen LogP contribution in [0, 0.1) is 5.92 Å². The monoisotopic (exact) mass is 430 g/mol. The highest BCUT2D eigenvalue weighted by atomic mass is 19.4. The minimum Gasteiger partial charge on any atom is -0.413 e. The number of carbonyl (C=O) groups is 1. The van der Waals surface area contributed by atoms with Crippen LogP contribution in [0.15, 0.2) is 59.0 Å². The Morgan fingerprint density at radius 2 is 1.77 bits per heavy atom. The Morgan fingerprint density at radius 1 is 1.10 bits per heavy atom. The summed E-state index contributed by atoms with van der Waals surface area (Å²) in [5.74, 6) is -1.57. The lowest BCUT2D eigenvalue weighted by Gasteiger charge is -2.40. The molecule has 2 aromatic carbocycles. The maximum atomic E-state index is 13.1. The summed E-state index contributed by atoms with van der Waals surface area (Å²) >= 11 is 0. The predicted molar refractivity (Wildman–Crippen MR) is 108 cm³/mol. The van der Waals surface area contributed by atoms with Gasteiger partial charge in [0, 0.05) is 24.3 Å². The largest absolute Gasteiger partial charge is 0.470 e. The minimum atomic E-state index is -4.68. The molecule has 6 nitrogen and oxygen atoms in total. The zero-order valence-electron chi connectivity index (χ0n) is 16.8. The SMILES string of the molecule is CCN1CC(C(=O)N(Cc2ccc(-c3nnc(C(F)(F)F)o3)cc2)c2ccccc2)C1. The van der Waals surface area contributed by atoms with Crippen LogP contribution in [0.25, 0.3) is 11.5 Å². The Kier molecular flexibility index (Phi) is 5.77. The zero-order valence-corrected chi connectivity index (χ0v) is 16.8. The number of amides is 1. The number of para-hydroxylation sites is 1. The molecule has 0 radical (unpaired) electrons. The second-order valence-corrected chi connectivity index (χ2v) is 7.42. The molecule has 3 aromatic rings. The molecule has 0 saturated carbocycles. The molecule has 1 aromatic heterocycles. The number of anilines is 1. The van der Waals surface area contributed by atoms with Gasteiger partial charge in [0.05, 0.1) is 12.5 Å². The number of rotatable bonds is 6. The van der Waals surface area contributed by atoms with E-state index in [0.29, 0.717) is 12.1 Å². The molecular formula is C22H21F3N4O2. The molecule has 1 aliphatic rings. The second-order valence-electron chi connectivity index (χ2n) is 7.42. The van der Waals surface area contributed by atoms with Crippen molar-refractivity contribution >= 4 is 11.6 Å². The van der Waals surface area contributed by atoms with Gasteiger partial charge in [-0.2, -0.15) is 13.2 Å². The van der Waals surface area contributed by atoms with Crippen molar-refractivity contribution in [2.24, 2.45) is 5.92 Å². The van der Waals surface area contributed by atoms with Crippen LogP contribution in [0.1, 0.15) is 18.4 Å². The smallest absolute Gasteiger partial charge is 0.413 e. The summed E-state index contributed by atoms with van der Waals surface area (Å²) in [6.45, 7) is 4.83. The number of carbonyl (C=O) groups excluding carboxylic acids is 1. The lowest BCUT2D eigenvalue weighted by Crippen LogP contribution is -2.54. The molecule has 0 unspecified atom stereocenters. The van der Waals surface area contributed by atoms with Crippen molar-refractivity contribution < 1.29 is 22.4 Å². The van der Waals surface area contributed by atoms with E-state index < -0.39 is 12.1 Å². The van der Waals surface area contributed by atoms with Gasteiger partial charge in [-0.05, 0) is 36.4 Å². The summed E-state index contributed by atoms with van der Waals surface area (Å²) in [6, 6.07) is 16.1. The third kappa shape index (κ3) is 4.61. The van der Waals surface area contributed by atoms with E-state index in [0.717, 1.165) is 30.9 Å². The van der Waals surface area contributed by atoms with Crippen molar-refractivity contribution in [1.29, 1.82) is 0 Å². The first-order valence-electron chi connectivity index (χ1n) is 9.94. The Labute approximate surface area is 177 Å². The van der Waals surface area contributed by atoms with E-state index in [1.807, 2.05) is 30.3 Å². The van der Waals surface area contributed by atoms with E-state index in [9.17, 15) is 18.0 Å². The first-order valence-corrected chi connectivity index (χ1v) is 9.94. The Bertz CT molecular complexity index is 1030. The highest BCUT2D eigenvalue weighted by Gasteiger charge is 2.38. The number of nitrogens with zero attached hydrogens (tertiary/aromatic N) is 4. The Morgan fingerprint density at radius 3 is 2.35 bits per heavy atom. The van der Waals surface area contributed by atoms with Gasteiger partial charge in [-0.3, -0.25) is 4.79 Å². The van der Waals surface area contributed by atoms with Crippen LogP contribution >= 0.6 is 0 Å². The summed E-state index contributed by atoms with van der Waals surface area (Å²) in [5.41, 5.74) is 2.02. The first-order chi connectivity index (χ1) is 14.8. The maximum absolute atomic E-state index is 13.1. The molecule has 1 aliphatic heterocycles. The van der Waals surface area contributed by atoms with Crippen molar-refractivity contribution in [2.75, 3.05) is 24.5 Å². The second kappa shape index (κ2) is 8.50. The van der Waals surface area contributed by atoms with Gasteiger partial charge >= 0.3 is 12.1 Å². The van der Waals surface area contributed by atoms with Crippen LogP contribution in [0.2, 0.25) is 0 Å². The van der Waals surface area contributed by atoms with Gasteiger partial charge in [0.25, 0.3) is 0 Å². The Hall–Kier alpha value is -3.20. The summed E-state index contributed by atoms with van der Waals surface area (Å²) in [7, 11) is 0. The van der Waals surface area contributed by atoms with Gasteiger partial charge in [0.2, 0.25) is 11.8 Å². The van der Waals surface area contributed by atoms with Crippen LogP contribution in [-0.2, 0) is 17.5 Å². The molecule has 2 heterocycles. The minimum absolute atomic E-state index is 0.0430. The van der Waals surface area contributed by atoms with E-state index in [-0.39, 0.29) is 17.7 Å². The number of hydrogen-bond donors (Lipinski definition) is 0. The topological polar surface area (TPSA) is 62.5 Å². The van der Waals surface area contributed by atoms with E-state index in [4.69, 9.17) is 4.42 Å². The van der Waals surface area contributed by atoms with Gasteiger partial charge in [0.1, 0.15) is 0 Å². The van der Waals surface area contributed by atoms with Gasteiger partial charge in [0.15, 0.2) is 0 Å². The normalized spacial score (nSPS) is 15.0. The molecule has 162 valence electrons. The third-order valence-corrected chi connectivity index (χ3v) is 5.30. The standard InChI is InChI=1S/C22H21F3N4O2/c1-2-28-13-17(14-28)20(30)29(18-6-4-3-5-7-18)12-15-8-10-16(11-9-15)19-26-27-21(31-19)22(23,24)25/h3-11,17H,2,12-14H2,1H3. The number of aromatic nitrogens is 2. The van der Waals surface area contributed by atoms with Crippen LogP contribution in [0.5, 0.6) is 0 Å². The van der Waals surface area contributed by atoms with Gasteiger partial charge in [-0.15, -0.1) is 10.2 Å². The highest BCUT2D eigenvalue weighted by molar-refractivity contribution is 5.95. The van der Waals surface area contributed by atoms with Gasteiger partial charge in [-0.25, -0.2) is 0 Å². The van der Waals surface area contributed by atoms with Crippen LogP contribution < -0.4 is 4.90 Å². The molecule has 1 saturated heterocycles. The van der Waals surface area contributed by atoms with E-state index in [1.165, 1.54) is 0 Å². The van der Waals surface area contributed by atoms with Gasteiger partial charge < -0.3 is 14.2 Å². The summed E-state index contributed by atoms with van der Waals surface area (Å²) in [6.07, 6.45) is -4.68. The first kappa shape index (κ1) is 21.0. The average molecular weight is 430 g/mol. The number of hydrogen-bond acceptors (Lipinski definition) is 5. The van der Waals surface area contributed by atoms with Crippen LogP contribution in [0.4, 0.5) is 18.9 Å². The number of likely N-dealkylation sites (tertiary alicyclic amines) is 1. The van der Waals surface area contributed by atoms with Crippen molar-refractivity contribution in [2.45, 2.75) is 19.6 Å². The molecular weight excluding hydrogens is 409 g/mol. The highest BCUT2D eigenvalue weighted by Crippen LogP contribution is 2.30. The fraction of sp³-hybridized carbons (Fsp3) is 0.318. The molecule has 0 N–H and O–H groups in total. The fourth-order valence-electron chi connectivity index (χ4n) is 3.50. The average Bonchev–Trinajstić information content (AvgIpc) is 3.23.